The lowest BCUT2D eigenvalue weighted by molar-refractivity contribution is -0.384. The second-order valence-electron chi connectivity index (χ2n) is 14.8. The Kier molecular flexibility index (Phi) is 13.6. The lowest BCUT2D eigenvalue weighted by Gasteiger charge is -2.32. The number of hydrogen-bond donors (Lipinski definition) is 3. The normalized spacial score (nSPS) is 15.7. The molecular formula is C40H42BF5N12O5. The van der Waals surface area contributed by atoms with Crippen LogP contribution in [0.4, 0.5) is 45.0 Å². The number of nitro groups is 1. The SMILES string of the molecule is CB(O)N1CCC(Oc2ccc(Nc3ncccc3[N+](=O)[O-])cn2)CC1.Nc1cc(CN2CCC(Oc3ccc(-n4c(C(F)(F)C(F)(F)F)nc5cccnc54)cn3)CC2)ccn1. The zero-order chi connectivity index (χ0) is 44.7. The Morgan fingerprint density at radius 3 is 2.11 bits per heavy atom. The Balaban J connectivity index is 0.000000201. The number of piperidine rings is 2. The van der Waals surface area contributed by atoms with E-state index in [4.69, 9.17) is 15.2 Å². The number of hydrogen-bond acceptors (Lipinski definition) is 15. The molecule has 2 fully saturated rings. The van der Waals surface area contributed by atoms with Gasteiger partial charge in [0.2, 0.25) is 17.6 Å². The Labute approximate surface area is 357 Å². The van der Waals surface area contributed by atoms with Gasteiger partial charge in [-0.3, -0.25) is 19.6 Å². The molecule has 0 radical (unpaired) electrons. The van der Waals surface area contributed by atoms with Crippen molar-refractivity contribution in [2.45, 2.75) is 63.4 Å². The van der Waals surface area contributed by atoms with Crippen molar-refractivity contribution in [1.82, 2.24) is 44.2 Å². The number of nitrogen functional groups attached to an aromatic ring is 1. The molecule has 17 nitrogen and oxygen atoms in total. The lowest BCUT2D eigenvalue weighted by atomic mass is 9.82. The highest BCUT2D eigenvalue weighted by atomic mass is 19.4. The summed E-state index contributed by atoms with van der Waals surface area (Å²) in [6, 6.07) is 15.6. The van der Waals surface area contributed by atoms with Crippen molar-refractivity contribution in [2.24, 2.45) is 0 Å². The van der Waals surface area contributed by atoms with Crippen LogP contribution in [-0.2, 0) is 12.5 Å². The number of rotatable bonds is 12. The average Bonchev–Trinajstić information content (AvgIpc) is 3.66. The maximum absolute atomic E-state index is 14.3. The fraction of sp³-hybridized carbons (Fsp3) is 0.350. The number of pyridine rings is 5. The van der Waals surface area contributed by atoms with Crippen LogP contribution in [0.1, 0.15) is 37.1 Å². The van der Waals surface area contributed by atoms with Crippen molar-refractivity contribution in [3.63, 3.8) is 0 Å². The highest BCUT2D eigenvalue weighted by Gasteiger charge is 2.62. The molecule has 8 heterocycles. The third-order valence-electron chi connectivity index (χ3n) is 10.4. The van der Waals surface area contributed by atoms with E-state index in [0.717, 1.165) is 64.0 Å². The maximum atomic E-state index is 14.3. The van der Waals surface area contributed by atoms with E-state index in [1.54, 1.807) is 31.3 Å². The van der Waals surface area contributed by atoms with Crippen LogP contribution in [0.2, 0.25) is 6.82 Å². The molecule has 0 aromatic carbocycles. The molecule has 330 valence electrons. The summed E-state index contributed by atoms with van der Waals surface area (Å²) >= 11 is 0. The lowest BCUT2D eigenvalue weighted by Crippen LogP contribution is -2.45. The second-order valence-corrected chi connectivity index (χ2v) is 14.8. The average molecular weight is 877 g/mol. The van der Waals surface area contributed by atoms with Crippen molar-refractivity contribution < 1.29 is 41.4 Å². The van der Waals surface area contributed by atoms with Crippen LogP contribution in [0.25, 0.3) is 16.9 Å². The van der Waals surface area contributed by atoms with E-state index in [1.807, 2.05) is 16.9 Å². The van der Waals surface area contributed by atoms with Gasteiger partial charge in [-0.05, 0) is 93.6 Å². The van der Waals surface area contributed by atoms with Gasteiger partial charge in [0.25, 0.3) is 0 Å². The van der Waals surface area contributed by atoms with E-state index in [2.05, 4.69) is 40.1 Å². The highest BCUT2D eigenvalue weighted by Crippen LogP contribution is 2.45. The van der Waals surface area contributed by atoms with E-state index < -0.39 is 29.9 Å². The molecule has 2 aliphatic rings. The van der Waals surface area contributed by atoms with Crippen LogP contribution in [0, 0.1) is 10.1 Å². The van der Waals surface area contributed by atoms with Crippen molar-refractivity contribution in [3.8, 4) is 17.4 Å². The maximum Gasteiger partial charge on any atom is 0.461 e. The van der Waals surface area contributed by atoms with Gasteiger partial charge < -0.3 is 30.4 Å². The summed E-state index contributed by atoms with van der Waals surface area (Å²) in [5, 5.41) is 23.5. The zero-order valence-corrected chi connectivity index (χ0v) is 33.8. The number of fused-ring (bicyclic) bond motifs is 1. The molecule has 0 spiro atoms. The Morgan fingerprint density at radius 2 is 1.51 bits per heavy atom. The van der Waals surface area contributed by atoms with E-state index in [9.17, 15) is 37.1 Å². The van der Waals surface area contributed by atoms with Crippen LogP contribution >= 0.6 is 0 Å². The molecule has 6 aromatic rings. The minimum atomic E-state index is -5.83. The Morgan fingerprint density at radius 1 is 0.857 bits per heavy atom. The summed E-state index contributed by atoms with van der Waals surface area (Å²) in [6.07, 6.45) is 4.42. The molecular weight excluding hydrogens is 834 g/mol. The molecule has 4 N–H and O–H groups in total. The smallest absolute Gasteiger partial charge is 0.461 e. The highest BCUT2D eigenvalue weighted by molar-refractivity contribution is 6.45. The number of halogens is 5. The van der Waals surface area contributed by atoms with Crippen molar-refractivity contribution >= 4 is 41.2 Å². The minimum Gasteiger partial charge on any atom is -0.474 e. The first-order valence-electron chi connectivity index (χ1n) is 19.9. The summed E-state index contributed by atoms with van der Waals surface area (Å²) in [5.74, 6) is -5.30. The van der Waals surface area contributed by atoms with Gasteiger partial charge in [-0.1, -0.05) is 0 Å². The van der Waals surface area contributed by atoms with E-state index >= 15 is 0 Å². The topological polar surface area (TPSA) is 209 Å². The van der Waals surface area contributed by atoms with E-state index in [-0.39, 0.29) is 46.4 Å². The molecule has 0 atom stereocenters. The third-order valence-corrected chi connectivity index (χ3v) is 10.4. The first-order chi connectivity index (χ1) is 30.1. The summed E-state index contributed by atoms with van der Waals surface area (Å²) in [5.41, 5.74) is 7.02. The van der Waals surface area contributed by atoms with Gasteiger partial charge in [-0.2, -0.15) is 22.0 Å². The van der Waals surface area contributed by atoms with Gasteiger partial charge in [0, 0.05) is 56.4 Å². The quantitative estimate of drug-likeness (QED) is 0.0514. The van der Waals surface area contributed by atoms with Crippen LogP contribution in [0.3, 0.4) is 0 Å². The fourth-order valence-electron chi connectivity index (χ4n) is 7.12. The van der Waals surface area contributed by atoms with Gasteiger partial charge >= 0.3 is 24.8 Å². The van der Waals surface area contributed by atoms with Crippen molar-refractivity contribution in [1.29, 1.82) is 0 Å². The summed E-state index contributed by atoms with van der Waals surface area (Å²) in [4.78, 5) is 38.7. The molecule has 23 heteroatoms. The molecule has 0 unspecified atom stereocenters. The second kappa shape index (κ2) is 19.2. The zero-order valence-electron chi connectivity index (χ0n) is 33.8. The van der Waals surface area contributed by atoms with Crippen molar-refractivity contribution in [2.75, 3.05) is 37.2 Å². The largest absolute Gasteiger partial charge is 0.474 e. The van der Waals surface area contributed by atoms with E-state index in [1.165, 1.54) is 55.0 Å². The summed E-state index contributed by atoms with van der Waals surface area (Å²) in [7, 11) is -0.435. The van der Waals surface area contributed by atoms with Crippen LogP contribution in [0.5, 0.6) is 11.8 Å². The number of anilines is 3. The van der Waals surface area contributed by atoms with Crippen molar-refractivity contribution in [3.05, 3.63) is 113 Å². The molecule has 2 saturated heterocycles. The predicted molar refractivity (Wildman–Crippen MR) is 222 cm³/mol. The monoisotopic (exact) mass is 876 g/mol. The predicted octanol–water partition coefficient (Wildman–Crippen LogP) is 6.57. The number of nitrogens with one attached hydrogen (secondary N) is 1. The van der Waals surface area contributed by atoms with Crippen LogP contribution in [0.15, 0.2) is 91.6 Å². The van der Waals surface area contributed by atoms with Gasteiger partial charge in [0.1, 0.15) is 23.5 Å². The molecule has 0 amide bonds. The number of nitrogens with zero attached hydrogens (tertiary/aromatic N) is 10. The molecule has 8 rings (SSSR count). The first-order valence-corrected chi connectivity index (χ1v) is 19.9. The van der Waals surface area contributed by atoms with Gasteiger partial charge in [0.05, 0.1) is 28.7 Å². The number of imidazole rings is 1. The van der Waals surface area contributed by atoms with Crippen LogP contribution in [-0.4, -0.2) is 106 Å². The molecule has 0 saturated carbocycles. The number of nitrogens with two attached hydrogens (primary N) is 1. The fourth-order valence-corrected chi connectivity index (χ4v) is 7.12. The minimum absolute atomic E-state index is 0.0427. The van der Waals surface area contributed by atoms with Gasteiger partial charge in [0.15, 0.2) is 11.5 Å². The number of alkyl halides is 5. The molecule has 63 heavy (non-hydrogen) atoms. The van der Waals surface area contributed by atoms with Gasteiger partial charge in [-0.25, -0.2) is 29.9 Å². The third kappa shape index (κ3) is 10.9. The van der Waals surface area contributed by atoms with Gasteiger partial charge in [-0.15, -0.1) is 0 Å². The molecule has 0 bridgehead atoms. The molecule has 6 aromatic heterocycles. The number of ether oxygens (including phenoxy) is 2. The molecule has 0 aliphatic carbocycles. The molecule has 2 aliphatic heterocycles. The van der Waals surface area contributed by atoms with Crippen LogP contribution < -0.4 is 20.5 Å². The Hall–Kier alpha value is -6.59. The van der Waals surface area contributed by atoms with E-state index in [0.29, 0.717) is 22.0 Å². The standard InChI is InChI=1S/C24H22F5N7O.C16H20BN5O4/c25-23(26,24(27,28)29)22-34-18-2-1-8-32-21(18)36(22)16-3-4-20(33-13-16)37-17-6-10-35(11-7-17)14-15-5-9-31-19(30)12-15;1-17(23)21-9-6-13(7-10-21)26-15-5-4-12(11-19-15)20-16-14(22(24)25)3-2-8-18-16/h1-5,8-9,12-13,17H,6-7,10-11,14H2,(H2,30,31);2-5,8,11,13,23H,6-7,9-10H2,1H3,(H,18,20). The number of likely N-dealkylation sites (tertiary alicyclic amines) is 1. The first kappa shape index (κ1) is 44.5. The Bertz CT molecular complexity index is 2470. The summed E-state index contributed by atoms with van der Waals surface area (Å²) in [6.45, 7) is 5.64. The summed E-state index contributed by atoms with van der Waals surface area (Å²) < 4.78 is 80.7. The number of aromatic nitrogens is 7.